The molecule has 1 rings (SSSR count). The van der Waals surface area contributed by atoms with Crippen LogP contribution in [0.15, 0.2) is 24.3 Å². The summed E-state index contributed by atoms with van der Waals surface area (Å²) in [5.41, 5.74) is 0. The van der Waals surface area contributed by atoms with E-state index in [0.717, 1.165) is 121 Å². The molecule has 1 fully saturated rings. The van der Waals surface area contributed by atoms with E-state index in [1.54, 1.807) is 13.8 Å². The molecule has 760 valence electrons. The fourth-order valence-electron chi connectivity index (χ4n) is 14.6. The number of ether oxygens (including phenoxy) is 2. The molecule has 8 atom stereocenters. The molecular formula is C99H184N11O20P. The average Bonchev–Trinajstić information content (AvgIpc) is 1.73. The Morgan fingerprint density at radius 3 is 1.08 bits per heavy atom. The second kappa shape index (κ2) is 81.3. The van der Waals surface area contributed by atoms with Gasteiger partial charge in [0, 0.05) is 125 Å². The van der Waals surface area contributed by atoms with Crippen molar-refractivity contribution in [3.63, 3.8) is 0 Å². The number of phosphoric ester groups is 1. The third-order valence-corrected chi connectivity index (χ3v) is 23.2. The highest BCUT2D eigenvalue weighted by molar-refractivity contribution is 7.47. The van der Waals surface area contributed by atoms with E-state index in [4.69, 9.17) is 23.6 Å². The van der Waals surface area contributed by atoms with Gasteiger partial charge in [-0.25, -0.2) is 9.46 Å². The Morgan fingerprint density at radius 2 is 0.733 bits per heavy atom. The number of aliphatic carboxylic acids is 1. The molecule has 1 aliphatic rings. The van der Waals surface area contributed by atoms with Gasteiger partial charge in [0.15, 0.2) is 6.10 Å². The van der Waals surface area contributed by atoms with Gasteiger partial charge in [0.2, 0.25) is 59.1 Å². The molecule has 10 amide bonds. The molecule has 0 spiro atoms. The van der Waals surface area contributed by atoms with Crippen molar-refractivity contribution in [2.75, 3.05) is 108 Å². The summed E-state index contributed by atoms with van der Waals surface area (Å²) in [5, 5.41) is 28.9. The van der Waals surface area contributed by atoms with Crippen LogP contribution in [0.2, 0.25) is 0 Å². The van der Waals surface area contributed by atoms with Crippen molar-refractivity contribution in [3.05, 3.63) is 24.3 Å². The Morgan fingerprint density at radius 1 is 0.397 bits per heavy atom. The van der Waals surface area contributed by atoms with Gasteiger partial charge in [-0.1, -0.05) is 162 Å². The van der Waals surface area contributed by atoms with Crippen LogP contribution in [0.4, 0.5) is 0 Å². The van der Waals surface area contributed by atoms with Crippen molar-refractivity contribution in [3.8, 4) is 0 Å². The first-order valence-electron chi connectivity index (χ1n) is 50.1. The Hall–Kier alpha value is -7.02. The zero-order valence-corrected chi connectivity index (χ0v) is 85.3. The fourth-order valence-corrected chi connectivity index (χ4v) is 15.4. The monoisotopic (exact) mass is 1880 g/mol. The normalized spacial score (nSPS) is 14.3. The first-order chi connectivity index (χ1) is 62.2. The first kappa shape index (κ1) is 126. The lowest BCUT2D eigenvalue weighted by atomic mass is 9.89. The van der Waals surface area contributed by atoms with Crippen molar-refractivity contribution >= 4 is 84.8 Å². The van der Waals surface area contributed by atoms with E-state index >= 15 is 0 Å². The van der Waals surface area contributed by atoms with Gasteiger partial charge in [-0.05, 0) is 245 Å². The quantitative estimate of drug-likeness (QED) is 0.00898. The summed E-state index contributed by atoms with van der Waals surface area (Å²) in [4.78, 5) is 177. The van der Waals surface area contributed by atoms with Crippen molar-refractivity contribution in [2.45, 2.75) is 389 Å². The molecule has 1 aliphatic heterocycles. The lowest BCUT2D eigenvalue weighted by molar-refractivity contribution is -0.161. The van der Waals surface area contributed by atoms with Crippen LogP contribution in [0.5, 0.6) is 0 Å². The Bertz CT molecular complexity index is 3210. The van der Waals surface area contributed by atoms with E-state index in [1.165, 1.54) is 77.0 Å². The molecule has 0 aromatic carbocycles. The van der Waals surface area contributed by atoms with Crippen LogP contribution < -0.4 is 37.2 Å². The molecule has 0 aliphatic carbocycles. The molecule has 0 radical (unpaired) electrons. The summed E-state index contributed by atoms with van der Waals surface area (Å²) < 4.78 is 34.3. The third kappa shape index (κ3) is 75.9. The number of hydrogen-bond donors (Lipinski definition) is 9. The third-order valence-electron chi connectivity index (χ3n) is 22.2. The minimum Gasteiger partial charge on any atom is -0.481 e. The summed E-state index contributed by atoms with van der Waals surface area (Å²) in [6.07, 6.45) is 44.5. The number of nitrogens with zero attached hydrogens (tertiary/aromatic N) is 4. The van der Waals surface area contributed by atoms with Gasteiger partial charge in [0.25, 0.3) is 0 Å². The van der Waals surface area contributed by atoms with E-state index < -0.39 is 68.0 Å². The van der Waals surface area contributed by atoms with Gasteiger partial charge in [-0.3, -0.25) is 71.4 Å². The number of phosphoric acid groups is 1. The number of imide groups is 3. The SMILES string of the molecule is CC(C)NC(=O)C(CCCC(=O)N1C(=O)CCC1=O)CC(C)C(=O)NCCCN(C)C.CC(C)NC(=O)C(CCCC(=O)O)CC(C)C(=O)NCCCN(C)C.CCCCCCCC/C=C/CCCCCCCC(=O)OCC(COP(=O)(O)OCCNC(=O)CCCC(CC(C)C(=O)NCCCN(C)C)C(=O)NC(C)C)OC(=O)CCCCCCC/C=C/CCCCCCCC. The molecular weight excluding hydrogens is 1690 g/mol. The standard InChI is InChI=1S/C59H111N4O11P.C22H38N4O5.C18H35N3O4/c1-8-10-12-14-16-18-20-22-24-26-28-30-32-34-36-42-56(65)71-49-54(74-57(66)43-37-35-33-31-29-27-25-23-21-19-17-15-13-11-9-2)50-73-75(69,70)72-47-45-60-55(64)41-38-40-53(59(68)62-51(3)4)48-52(5)58(67)61-44-39-46-63(6)7;1-15(2)24-22(31)17(14-16(3)21(30)23-12-7-13-25(4)5)8-6-9-18(27)26-19(28)10-11-20(26)29;1-13(2)20-18(25)15(8-6-9-16(22)23)12-14(3)17(24)19-10-7-11-21(4)5/h22-25,51-54H,8-21,26-50H2,1-7H3,(H,60,64)(H,61,67)(H,62,68)(H,69,70);15-17H,6-14H2,1-5H3,(H,23,30)(H,24,31);13-15H,6-12H2,1-5H3,(H,19,24)(H,20,25)(H,22,23)/b24-22+,25-23+;;. The first-order valence-corrected chi connectivity index (χ1v) is 51.6. The van der Waals surface area contributed by atoms with Crippen LogP contribution in [0, 0.1) is 35.5 Å². The highest BCUT2D eigenvalue weighted by atomic mass is 31.2. The smallest absolute Gasteiger partial charge is 0.472 e. The summed E-state index contributed by atoms with van der Waals surface area (Å²) >= 11 is 0. The minimum atomic E-state index is -4.66. The maximum atomic E-state index is 13.0. The Balaban J connectivity index is 0. The number of rotatable bonds is 79. The topological polar surface area (TPSA) is 414 Å². The van der Waals surface area contributed by atoms with Gasteiger partial charge in [-0.15, -0.1) is 0 Å². The Labute approximate surface area is 790 Å². The van der Waals surface area contributed by atoms with Crippen LogP contribution in [-0.4, -0.2) is 239 Å². The number of allylic oxidation sites excluding steroid dienone is 4. The number of esters is 2. The van der Waals surface area contributed by atoms with Crippen LogP contribution in [0.3, 0.4) is 0 Å². The highest BCUT2D eigenvalue weighted by Crippen LogP contribution is 2.43. The number of carbonyl (C=O) groups excluding carboxylic acids is 12. The van der Waals surface area contributed by atoms with E-state index in [9.17, 15) is 71.8 Å². The fraction of sp³-hybridized carbons (Fsp3) is 0.828. The molecule has 0 saturated carbocycles. The Kier molecular flexibility index (Phi) is 78.3. The number of unbranched alkanes of at least 4 members (excludes halogenated alkanes) is 22. The molecule has 131 heavy (non-hydrogen) atoms. The summed E-state index contributed by atoms with van der Waals surface area (Å²) in [6, 6.07) is -0.0938. The lowest BCUT2D eigenvalue weighted by Crippen LogP contribution is -2.39. The largest absolute Gasteiger partial charge is 0.481 e. The molecule has 0 aromatic heterocycles. The van der Waals surface area contributed by atoms with E-state index in [1.807, 2.05) is 101 Å². The lowest BCUT2D eigenvalue weighted by Gasteiger charge is -2.22. The van der Waals surface area contributed by atoms with Crippen LogP contribution in [-0.2, 0) is 85.4 Å². The van der Waals surface area contributed by atoms with E-state index in [-0.39, 0.29) is 148 Å². The van der Waals surface area contributed by atoms with Crippen molar-refractivity contribution < 1.29 is 95.4 Å². The van der Waals surface area contributed by atoms with E-state index in [2.05, 4.69) is 80.3 Å². The van der Waals surface area contributed by atoms with Crippen LogP contribution >= 0.6 is 7.82 Å². The maximum Gasteiger partial charge on any atom is 0.472 e. The summed E-state index contributed by atoms with van der Waals surface area (Å²) in [6.45, 7) is 24.2. The van der Waals surface area contributed by atoms with Gasteiger partial charge < -0.3 is 71.4 Å². The van der Waals surface area contributed by atoms with Crippen LogP contribution in [0.1, 0.15) is 365 Å². The molecule has 0 bridgehead atoms. The summed E-state index contributed by atoms with van der Waals surface area (Å²) in [7, 11) is 7.21. The van der Waals surface area contributed by atoms with Crippen LogP contribution in [0.25, 0.3) is 0 Å². The second-order valence-corrected chi connectivity index (χ2v) is 38.8. The highest BCUT2D eigenvalue weighted by Gasteiger charge is 2.35. The molecule has 32 heteroatoms. The number of carbonyl (C=O) groups is 13. The van der Waals surface area contributed by atoms with Crippen molar-refractivity contribution in [1.29, 1.82) is 0 Å². The molecule has 1 heterocycles. The molecule has 31 nitrogen and oxygen atoms in total. The van der Waals surface area contributed by atoms with Crippen molar-refractivity contribution in [2.24, 2.45) is 35.5 Å². The average molecular weight is 1880 g/mol. The van der Waals surface area contributed by atoms with Gasteiger partial charge in [0.05, 0.1) is 13.2 Å². The number of likely N-dealkylation sites (tertiary alicyclic amines) is 1. The number of hydrogen-bond acceptors (Lipinski definition) is 21. The zero-order chi connectivity index (χ0) is 98.6. The summed E-state index contributed by atoms with van der Waals surface area (Å²) in [5.74, 6) is -6.49. The van der Waals surface area contributed by atoms with Gasteiger partial charge in [0.1, 0.15) is 6.61 Å². The van der Waals surface area contributed by atoms with Gasteiger partial charge in [-0.2, -0.15) is 0 Å². The number of nitrogens with one attached hydrogen (secondary N) is 7. The zero-order valence-electron chi connectivity index (χ0n) is 84.5. The maximum absolute atomic E-state index is 13.0. The number of carboxylic acid groups (broad SMARTS) is 1. The van der Waals surface area contributed by atoms with Gasteiger partial charge >= 0.3 is 25.7 Å². The number of carboxylic acids is 1. The minimum absolute atomic E-state index is 0.0182. The molecule has 0 aromatic rings. The number of amides is 10. The molecule has 1 saturated heterocycles. The predicted molar refractivity (Wildman–Crippen MR) is 520 cm³/mol. The molecule has 8 unspecified atom stereocenters. The van der Waals surface area contributed by atoms with Crippen molar-refractivity contribution in [1.82, 2.24) is 56.8 Å². The predicted octanol–water partition coefficient (Wildman–Crippen LogP) is 15.7. The van der Waals surface area contributed by atoms with E-state index in [0.29, 0.717) is 90.3 Å². The molecule has 9 N–H and O–H groups in total. The second-order valence-electron chi connectivity index (χ2n) is 37.3.